The number of carbonyl (C=O) groups excluding carboxylic acids is 1. The number of carbonyl (C=O) groups is 1. The van der Waals surface area contributed by atoms with Crippen LogP contribution in [0.2, 0.25) is 0 Å². The standard InChI is InChI=1S/C16H20FNO3/c1-3-4-15(18-11(2)19)14-9-12(17)5-6-16(14)21-13-7-8-20-10-13/h3,5-6,9,13,15H,1,4,7-8,10H2,2H3,(H,18,19)/t13?,15-/m1/s1. The van der Waals surface area contributed by atoms with Crippen molar-refractivity contribution in [3.8, 4) is 5.75 Å². The molecule has 0 aliphatic carbocycles. The maximum Gasteiger partial charge on any atom is 0.217 e. The molecule has 1 saturated heterocycles. The van der Waals surface area contributed by atoms with Crippen molar-refractivity contribution in [3.05, 3.63) is 42.2 Å². The molecule has 1 aromatic carbocycles. The van der Waals surface area contributed by atoms with Crippen LogP contribution in [0.3, 0.4) is 0 Å². The summed E-state index contributed by atoms with van der Waals surface area (Å²) in [6.07, 6.45) is 2.97. The van der Waals surface area contributed by atoms with Gasteiger partial charge in [0.1, 0.15) is 17.7 Å². The third kappa shape index (κ3) is 4.29. The monoisotopic (exact) mass is 293 g/mol. The van der Waals surface area contributed by atoms with Gasteiger partial charge in [0.2, 0.25) is 5.91 Å². The van der Waals surface area contributed by atoms with Gasteiger partial charge in [0.15, 0.2) is 0 Å². The van der Waals surface area contributed by atoms with Gasteiger partial charge in [0, 0.05) is 18.9 Å². The Kier molecular flexibility index (Phi) is 5.33. The second-order valence-electron chi connectivity index (χ2n) is 5.06. The second kappa shape index (κ2) is 7.22. The molecular formula is C16H20FNO3. The Labute approximate surface area is 123 Å². The highest BCUT2D eigenvalue weighted by atomic mass is 19.1. The number of hydrogen-bond acceptors (Lipinski definition) is 3. The number of hydrogen-bond donors (Lipinski definition) is 1. The van der Waals surface area contributed by atoms with Crippen molar-refractivity contribution in [2.24, 2.45) is 0 Å². The van der Waals surface area contributed by atoms with E-state index in [1.54, 1.807) is 12.1 Å². The zero-order chi connectivity index (χ0) is 15.2. The van der Waals surface area contributed by atoms with Crippen molar-refractivity contribution in [1.82, 2.24) is 5.32 Å². The minimum atomic E-state index is -0.362. The lowest BCUT2D eigenvalue weighted by atomic mass is 10.0. The molecule has 1 heterocycles. The van der Waals surface area contributed by atoms with Crippen LogP contribution in [0.5, 0.6) is 5.75 Å². The molecule has 0 aromatic heterocycles. The van der Waals surface area contributed by atoms with Gasteiger partial charge in [-0.25, -0.2) is 4.39 Å². The van der Waals surface area contributed by atoms with Crippen molar-refractivity contribution in [1.29, 1.82) is 0 Å². The van der Waals surface area contributed by atoms with Gasteiger partial charge in [-0.2, -0.15) is 0 Å². The maximum absolute atomic E-state index is 13.6. The van der Waals surface area contributed by atoms with Crippen LogP contribution in [0.15, 0.2) is 30.9 Å². The lowest BCUT2D eigenvalue weighted by Gasteiger charge is -2.22. The Morgan fingerprint density at radius 1 is 1.67 bits per heavy atom. The number of ether oxygens (including phenoxy) is 2. The molecule has 4 nitrogen and oxygen atoms in total. The van der Waals surface area contributed by atoms with E-state index >= 15 is 0 Å². The van der Waals surface area contributed by atoms with Crippen molar-refractivity contribution < 1.29 is 18.7 Å². The predicted molar refractivity (Wildman–Crippen MR) is 77.6 cm³/mol. The molecule has 5 heteroatoms. The lowest BCUT2D eigenvalue weighted by Crippen LogP contribution is -2.27. The molecule has 1 N–H and O–H groups in total. The molecule has 2 rings (SSSR count). The summed E-state index contributed by atoms with van der Waals surface area (Å²) in [7, 11) is 0. The van der Waals surface area contributed by atoms with Gasteiger partial charge in [-0.1, -0.05) is 6.08 Å². The highest BCUT2D eigenvalue weighted by Crippen LogP contribution is 2.30. The zero-order valence-electron chi connectivity index (χ0n) is 12.1. The fraction of sp³-hybridized carbons (Fsp3) is 0.438. The maximum atomic E-state index is 13.6. The summed E-state index contributed by atoms with van der Waals surface area (Å²) in [5.41, 5.74) is 0.622. The van der Waals surface area contributed by atoms with E-state index < -0.39 is 0 Å². The normalized spacial score (nSPS) is 19.0. The fourth-order valence-electron chi connectivity index (χ4n) is 2.36. The number of benzene rings is 1. The van der Waals surface area contributed by atoms with Gasteiger partial charge in [0.05, 0.1) is 19.3 Å². The van der Waals surface area contributed by atoms with E-state index in [1.807, 2.05) is 0 Å². The molecule has 1 unspecified atom stereocenters. The Morgan fingerprint density at radius 2 is 2.48 bits per heavy atom. The van der Waals surface area contributed by atoms with Crippen molar-refractivity contribution in [2.45, 2.75) is 31.9 Å². The van der Waals surface area contributed by atoms with Crippen LogP contribution < -0.4 is 10.1 Å². The van der Waals surface area contributed by atoms with E-state index in [0.717, 1.165) is 6.42 Å². The number of halogens is 1. The van der Waals surface area contributed by atoms with Crippen LogP contribution in [0.1, 0.15) is 31.4 Å². The molecule has 21 heavy (non-hydrogen) atoms. The van der Waals surface area contributed by atoms with Crippen molar-refractivity contribution in [2.75, 3.05) is 13.2 Å². The molecule has 0 bridgehead atoms. The molecular weight excluding hydrogens is 273 g/mol. The largest absolute Gasteiger partial charge is 0.488 e. The molecule has 1 aromatic rings. The van der Waals surface area contributed by atoms with E-state index in [0.29, 0.717) is 30.9 Å². The van der Waals surface area contributed by atoms with Crippen LogP contribution in [0, 0.1) is 5.82 Å². The third-order valence-electron chi connectivity index (χ3n) is 3.31. The second-order valence-corrected chi connectivity index (χ2v) is 5.06. The molecule has 1 aliphatic rings. The first-order valence-electron chi connectivity index (χ1n) is 7.02. The highest BCUT2D eigenvalue weighted by molar-refractivity contribution is 5.73. The average Bonchev–Trinajstić information content (AvgIpc) is 2.93. The van der Waals surface area contributed by atoms with Gasteiger partial charge in [-0.3, -0.25) is 4.79 Å². The first-order valence-corrected chi connectivity index (χ1v) is 7.02. The Hall–Kier alpha value is -1.88. The molecule has 1 fully saturated rings. The fourth-order valence-corrected chi connectivity index (χ4v) is 2.36. The Bertz CT molecular complexity index is 512. The summed E-state index contributed by atoms with van der Waals surface area (Å²) in [4.78, 5) is 11.3. The summed E-state index contributed by atoms with van der Waals surface area (Å²) in [6.45, 7) is 6.31. The third-order valence-corrected chi connectivity index (χ3v) is 3.31. The van der Waals surface area contributed by atoms with Crippen LogP contribution in [-0.4, -0.2) is 25.2 Å². The first-order chi connectivity index (χ1) is 10.1. The Morgan fingerprint density at radius 3 is 3.10 bits per heavy atom. The van der Waals surface area contributed by atoms with E-state index in [2.05, 4.69) is 11.9 Å². The quantitative estimate of drug-likeness (QED) is 0.820. The van der Waals surface area contributed by atoms with Gasteiger partial charge >= 0.3 is 0 Å². The first kappa shape index (κ1) is 15.5. The number of nitrogens with one attached hydrogen (secondary N) is 1. The molecule has 0 spiro atoms. The smallest absolute Gasteiger partial charge is 0.217 e. The summed E-state index contributed by atoms with van der Waals surface area (Å²) in [5, 5.41) is 2.80. The molecule has 0 radical (unpaired) electrons. The molecule has 2 atom stereocenters. The summed E-state index contributed by atoms with van der Waals surface area (Å²) < 4.78 is 24.8. The minimum Gasteiger partial charge on any atom is -0.488 e. The molecule has 114 valence electrons. The zero-order valence-corrected chi connectivity index (χ0v) is 12.1. The Balaban J connectivity index is 2.26. The molecule has 1 aliphatic heterocycles. The summed E-state index contributed by atoms with van der Waals surface area (Å²) in [6, 6.07) is 4.00. The van der Waals surface area contributed by atoms with Gasteiger partial charge < -0.3 is 14.8 Å². The van der Waals surface area contributed by atoms with E-state index in [9.17, 15) is 9.18 Å². The molecule has 1 amide bonds. The topological polar surface area (TPSA) is 47.6 Å². The van der Waals surface area contributed by atoms with Crippen molar-refractivity contribution in [3.63, 3.8) is 0 Å². The predicted octanol–water partition coefficient (Wildman–Crippen LogP) is 2.75. The van der Waals surface area contributed by atoms with Gasteiger partial charge in [-0.15, -0.1) is 6.58 Å². The number of amides is 1. The van der Waals surface area contributed by atoms with Gasteiger partial charge in [-0.05, 0) is 24.6 Å². The van der Waals surface area contributed by atoms with Crippen LogP contribution in [0.4, 0.5) is 4.39 Å². The van der Waals surface area contributed by atoms with E-state index in [-0.39, 0.29) is 23.9 Å². The SMILES string of the molecule is C=CC[C@@H](NC(C)=O)c1cc(F)ccc1OC1CCOC1. The van der Waals surface area contributed by atoms with Crippen LogP contribution >= 0.6 is 0 Å². The van der Waals surface area contributed by atoms with Gasteiger partial charge in [0.25, 0.3) is 0 Å². The van der Waals surface area contributed by atoms with Crippen LogP contribution in [0.25, 0.3) is 0 Å². The molecule has 0 saturated carbocycles. The van der Waals surface area contributed by atoms with E-state index in [1.165, 1.54) is 19.1 Å². The van der Waals surface area contributed by atoms with E-state index in [4.69, 9.17) is 9.47 Å². The summed E-state index contributed by atoms with van der Waals surface area (Å²) in [5.74, 6) is 0.0354. The number of rotatable bonds is 6. The highest BCUT2D eigenvalue weighted by Gasteiger charge is 2.22. The summed E-state index contributed by atoms with van der Waals surface area (Å²) >= 11 is 0. The van der Waals surface area contributed by atoms with Crippen molar-refractivity contribution >= 4 is 5.91 Å². The lowest BCUT2D eigenvalue weighted by molar-refractivity contribution is -0.119. The minimum absolute atomic E-state index is 0.0316. The van der Waals surface area contributed by atoms with Crippen LogP contribution in [-0.2, 0) is 9.53 Å². The average molecular weight is 293 g/mol.